The van der Waals surface area contributed by atoms with Crippen molar-refractivity contribution in [3.05, 3.63) is 48.0 Å². The number of nitrogens with zero attached hydrogens (tertiary/aromatic N) is 1. The molecule has 0 heterocycles. The van der Waals surface area contributed by atoms with Gasteiger partial charge in [-0.1, -0.05) is 42.5 Å². The van der Waals surface area contributed by atoms with Gasteiger partial charge in [-0.25, -0.2) is 4.79 Å². The van der Waals surface area contributed by atoms with E-state index in [0.29, 0.717) is 0 Å². The zero-order chi connectivity index (χ0) is 15.4. The van der Waals surface area contributed by atoms with E-state index in [4.69, 9.17) is 5.11 Å². The summed E-state index contributed by atoms with van der Waals surface area (Å²) in [6.45, 7) is 3.73. The first-order chi connectivity index (χ1) is 10.0. The molecule has 112 valence electrons. The van der Waals surface area contributed by atoms with Crippen molar-refractivity contribution in [3.63, 3.8) is 0 Å². The van der Waals surface area contributed by atoms with Crippen molar-refractivity contribution in [2.45, 2.75) is 25.9 Å². The minimum Gasteiger partial charge on any atom is -0.394 e. The van der Waals surface area contributed by atoms with E-state index in [1.54, 1.807) is 7.05 Å². The van der Waals surface area contributed by atoms with Crippen molar-refractivity contribution in [1.29, 1.82) is 0 Å². The van der Waals surface area contributed by atoms with Crippen LogP contribution < -0.4 is 5.32 Å². The molecule has 0 fully saturated rings. The average Bonchev–Trinajstić information content (AvgIpc) is 2.52. The monoisotopic (exact) mass is 286 g/mol. The van der Waals surface area contributed by atoms with Gasteiger partial charge in [0, 0.05) is 7.05 Å². The van der Waals surface area contributed by atoms with Gasteiger partial charge in [0.15, 0.2) is 0 Å². The Morgan fingerprint density at radius 1 is 1.19 bits per heavy atom. The Morgan fingerprint density at radius 2 is 1.86 bits per heavy atom. The summed E-state index contributed by atoms with van der Waals surface area (Å²) in [6.07, 6.45) is 0. The molecule has 0 bridgehead atoms. The summed E-state index contributed by atoms with van der Waals surface area (Å²) in [5.41, 5.74) is 1.09. The van der Waals surface area contributed by atoms with E-state index in [2.05, 4.69) is 23.5 Å². The molecule has 0 aliphatic rings. The molecule has 0 aromatic heterocycles. The Kier molecular flexibility index (Phi) is 4.81. The fraction of sp³-hybridized carbons (Fsp3) is 0.353. The summed E-state index contributed by atoms with van der Waals surface area (Å²) in [5, 5.41) is 14.4. The second kappa shape index (κ2) is 6.59. The minimum absolute atomic E-state index is 0.0490. The van der Waals surface area contributed by atoms with E-state index in [0.717, 1.165) is 16.3 Å². The second-order valence-corrected chi connectivity index (χ2v) is 5.38. The topological polar surface area (TPSA) is 52.6 Å². The lowest BCUT2D eigenvalue weighted by molar-refractivity contribution is 0.155. The van der Waals surface area contributed by atoms with Crippen LogP contribution in [0, 0.1) is 0 Å². The number of amides is 2. The summed E-state index contributed by atoms with van der Waals surface area (Å²) >= 11 is 0. The minimum atomic E-state index is -0.204. The Balaban J connectivity index is 2.19. The Bertz CT molecular complexity index is 622. The highest BCUT2D eigenvalue weighted by Gasteiger charge is 2.18. The quantitative estimate of drug-likeness (QED) is 0.908. The van der Waals surface area contributed by atoms with E-state index < -0.39 is 0 Å². The molecule has 2 N–H and O–H groups in total. The molecule has 0 saturated carbocycles. The first kappa shape index (κ1) is 15.3. The third-order valence-corrected chi connectivity index (χ3v) is 3.88. The molecule has 0 radical (unpaired) electrons. The highest BCUT2D eigenvalue weighted by atomic mass is 16.3. The highest BCUT2D eigenvalue weighted by molar-refractivity contribution is 5.86. The predicted octanol–water partition coefficient (Wildman–Crippen LogP) is 2.92. The van der Waals surface area contributed by atoms with Gasteiger partial charge in [0.25, 0.3) is 0 Å². The third-order valence-electron chi connectivity index (χ3n) is 3.88. The Morgan fingerprint density at radius 3 is 2.57 bits per heavy atom. The maximum absolute atomic E-state index is 12.2. The molecule has 2 rings (SSSR count). The van der Waals surface area contributed by atoms with Gasteiger partial charge in [-0.3, -0.25) is 0 Å². The Hall–Kier alpha value is -2.07. The van der Waals surface area contributed by atoms with Gasteiger partial charge in [-0.15, -0.1) is 0 Å². The van der Waals surface area contributed by atoms with Crippen molar-refractivity contribution >= 4 is 16.8 Å². The van der Waals surface area contributed by atoms with Crippen LogP contribution in [0.25, 0.3) is 10.8 Å². The molecule has 0 spiro atoms. The lowest BCUT2D eigenvalue weighted by Crippen LogP contribution is -2.44. The first-order valence-electron chi connectivity index (χ1n) is 7.16. The fourth-order valence-electron chi connectivity index (χ4n) is 2.32. The van der Waals surface area contributed by atoms with Crippen molar-refractivity contribution in [3.8, 4) is 0 Å². The summed E-state index contributed by atoms with van der Waals surface area (Å²) in [4.78, 5) is 13.7. The SMILES string of the molecule is CC(NC(=O)N(C)C(C)CO)c1cccc2ccccc12. The van der Waals surface area contributed by atoms with Crippen LogP contribution in [0.1, 0.15) is 25.5 Å². The average molecular weight is 286 g/mol. The largest absolute Gasteiger partial charge is 0.394 e. The van der Waals surface area contributed by atoms with E-state index in [-0.39, 0.29) is 24.7 Å². The maximum Gasteiger partial charge on any atom is 0.317 e. The molecular formula is C17H22N2O2. The number of aliphatic hydroxyl groups is 1. The van der Waals surface area contributed by atoms with Crippen molar-refractivity contribution in [2.75, 3.05) is 13.7 Å². The molecule has 0 aliphatic heterocycles. The summed E-state index contributed by atoms with van der Waals surface area (Å²) in [6, 6.07) is 13.7. The number of likely N-dealkylation sites (N-methyl/N-ethyl adjacent to an activating group) is 1. The number of hydrogen-bond acceptors (Lipinski definition) is 2. The fourth-order valence-corrected chi connectivity index (χ4v) is 2.32. The molecule has 2 aromatic rings. The van der Waals surface area contributed by atoms with Gasteiger partial charge in [0.1, 0.15) is 0 Å². The van der Waals surface area contributed by atoms with Gasteiger partial charge in [0.2, 0.25) is 0 Å². The van der Waals surface area contributed by atoms with Crippen LogP contribution in [0.2, 0.25) is 0 Å². The maximum atomic E-state index is 12.2. The van der Waals surface area contributed by atoms with Gasteiger partial charge in [-0.05, 0) is 30.2 Å². The third kappa shape index (κ3) is 3.34. The predicted molar refractivity (Wildman–Crippen MR) is 85.2 cm³/mol. The first-order valence-corrected chi connectivity index (χ1v) is 7.16. The molecule has 4 heteroatoms. The normalized spacial score (nSPS) is 13.7. The van der Waals surface area contributed by atoms with Crippen LogP contribution in [-0.4, -0.2) is 35.7 Å². The number of nitrogens with one attached hydrogen (secondary N) is 1. The summed E-state index contributed by atoms with van der Waals surface area (Å²) in [5.74, 6) is 0. The molecule has 2 amide bonds. The zero-order valence-electron chi connectivity index (χ0n) is 12.7. The molecule has 2 unspecified atom stereocenters. The smallest absolute Gasteiger partial charge is 0.317 e. The van der Waals surface area contributed by atoms with E-state index in [1.807, 2.05) is 38.1 Å². The summed E-state index contributed by atoms with van der Waals surface area (Å²) in [7, 11) is 1.69. The van der Waals surface area contributed by atoms with Crippen LogP contribution >= 0.6 is 0 Å². The van der Waals surface area contributed by atoms with Gasteiger partial charge in [0.05, 0.1) is 18.7 Å². The van der Waals surface area contributed by atoms with Crippen molar-refractivity contribution < 1.29 is 9.90 Å². The number of fused-ring (bicyclic) bond motifs is 1. The van der Waals surface area contributed by atoms with Crippen LogP contribution in [0.15, 0.2) is 42.5 Å². The van der Waals surface area contributed by atoms with Crippen LogP contribution in [0.3, 0.4) is 0 Å². The number of hydrogen-bond donors (Lipinski definition) is 2. The second-order valence-electron chi connectivity index (χ2n) is 5.38. The molecule has 4 nitrogen and oxygen atoms in total. The molecule has 2 atom stereocenters. The molecule has 0 saturated heterocycles. The molecule has 2 aromatic carbocycles. The lowest BCUT2D eigenvalue weighted by Gasteiger charge is -2.26. The number of benzene rings is 2. The number of aliphatic hydroxyl groups excluding tert-OH is 1. The summed E-state index contributed by atoms with van der Waals surface area (Å²) < 4.78 is 0. The number of urea groups is 1. The van der Waals surface area contributed by atoms with Gasteiger partial charge >= 0.3 is 6.03 Å². The lowest BCUT2D eigenvalue weighted by atomic mass is 10.00. The van der Waals surface area contributed by atoms with Crippen LogP contribution in [0.4, 0.5) is 4.79 Å². The number of carbonyl (C=O) groups excluding carboxylic acids is 1. The van der Waals surface area contributed by atoms with Crippen LogP contribution in [-0.2, 0) is 0 Å². The van der Waals surface area contributed by atoms with Gasteiger partial charge < -0.3 is 15.3 Å². The number of carbonyl (C=O) groups is 1. The molecular weight excluding hydrogens is 264 g/mol. The van der Waals surface area contributed by atoms with Crippen LogP contribution in [0.5, 0.6) is 0 Å². The highest BCUT2D eigenvalue weighted by Crippen LogP contribution is 2.24. The van der Waals surface area contributed by atoms with E-state index in [9.17, 15) is 4.79 Å². The zero-order valence-corrected chi connectivity index (χ0v) is 12.7. The van der Waals surface area contributed by atoms with E-state index >= 15 is 0 Å². The number of rotatable bonds is 4. The van der Waals surface area contributed by atoms with Crippen molar-refractivity contribution in [2.24, 2.45) is 0 Å². The Labute approximate surface area is 125 Å². The van der Waals surface area contributed by atoms with E-state index in [1.165, 1.54) is 4.90 Å². The van der Waals surface area contributed by atoms with Gasteiger partial charge in [-0.2, -0.15) is 0 Å². The van der Waals surface area contributed by atoms with Crippen molar-refractivity contribution in [1.82, 2.24) is 10.2 Å². The standard InChI is InChI=1S/C17H22N2O2/c1-12(11-20)19(3)17(21)18-13(2)15-10-6-8-14-7-4-5-9-16(14)15/h4-10,12-13,20H,11H2,1-3H3,(H,18,21). The molecule has 0 aliphatic carbocycles. The molecule has 21 heavy (non-hydrogen) atoms.